The highest BCUT2D eigenvalue weighted by atomic mass is 35.5. The van der Waals surface area contributed by atoms with Gasteiger partial charge in [0, 0.05) is 18.1 Å². The molecular formula is C15H21ClN2O2. The van der Waals surface area contributed by atoms with Crippen molar-refractivity contribution in [1.82, 2.24) is 4.90 Å². The van der Waals surface area contributed by atoms with Crippen LogP contribution < -0.4 is 10.1 Å². The zero-order valence-electron chi connectivity index (χ0n) is 11.8. The Morgan fingerprint density at radius 3 is 2.65 bits per heavy atom. The van der Waals surface area contributed by atoms with E-state index >= 15 is 0 Å². The predicted molar refractivity (Wildman–Crippen MR) is 81.5 cm³/mol. The van der Waals surface area contributed by atoms with Crippen molar-refractivity contribution >= 4 is 23.2 Å². The van der Waals surface area contributed by atoms with E-state index in [9.17, 15) is 4.79 Å². The molecule has 0 radical (unpaired) electrons. The lowest BCUT2D eigenvalue weighted by Gasteiger charge is -2.21. The zero-order valence-corrected chi connectivity index (χ0v) is 12.6. The van der Waals surface area contributed by atoms with Crippen LogP contribution in [0.15, 0.2) is 18.2 Å². The van der Waals surface area contributed by atoms with Gasteiger partial charge in [0.1, 0.15) is 5.75 Å². The molecule has 0 unspecified atom stereocenters. The van der Waals surface area contributed by atoms with Crippen molar-refractivity contribution in [2.24, 2.45) is 0 Å². The second-order valence-electron chi connectivity index (χ2n) is 4.99. The average Bonchev–Trinajstić information content (AvgIpc) is 2.74. The van der Waals surface area contributed by atoms with Gasteiger partial charge in [-0.25, -0.2) is 0 Å². The van der Waals surface area contributed by atoms with E-state index in [1.165, 1.54) is 12.8 Å². The lowest BCUT2D eigenvalue weighted by atomic mass is 10.2. The maximum Gasteiger partial charge on any atom is 0.241 e. The number of carbonyl (C=O) groups is 1. The monoisotopic (exact) mass is 296 g/mol. The Morgan fingerprint density at radius 2 is 2.00 bits per heavy atom. The van der Waals surface area contributed by atoms with Crippen LogP contribution in [0.3, 0.4) is 0 Å². The Labute approximate surface area is 125 Å². The highest BCUT2D eigenvalue weighted by molar-refractivity contribution is 6.30. The van der Waals surface area contributed by atoms with Gasteiger partial charge in [0.15, 0.2) is 0 Å². The first kappa shape index (κ1) is 15.0. The predicted octanol–water partition coefficient (Wildman–Crippen LogP) is 3.16. The fourth-order valence-corrected chi connectivity index (χ4v) is 2.59. The van der Waals surface area contributed by atoms with Crippen molar-refractivity contribution in [1.29, 1.82) is 0 Å². The number of likely N-dealkylation sites (tertiary alicyclic amines) is 1. The van der Waals surface area contributed by atoms with Gasteiger partial charge in [-0.1, -0.05) is 24.4 Å². The standard InChI is InChI=1S/C15H21ClN2O2/c1-20-14-7-6-12(16)10-13(14)17-11-15(19)18-8-4-2-3-5-9-18/h6-7,10,17H,2-5,8-9,11H2,1H3. The van der Waals surface area contributed by atoms with Crippen LogP contribution in [0.5, 0.6) is 5.75 Å². The molecule has 20 heavy (non-hydrogen) atoms. The zero-order chi connectivity index (χ0) is 14.4. The molecule has 2 rings (SSSR count). The summed E-state index contributed by atoms with van der Waals surface area (Å²) in [5.74, 6) is 0.826. The number of nitrogens with zero attached hydrogens (tertiary/aromatic N) is 1. The number of halogens is 1. The van der Waals surface area contributed by atoms with E-state index in [2.05, 4.69) is 5.32 Å². The molecule has 0 bridgehead atoms. The minimum Gasteiger partial charge on any atom is -0.495 e. The third kappa shape index (κ3) is 4.04. The molecule has 0 aliphatic carbocycles. The summed E-state index contributed by atoms with van der Waals surface area (Å²) in [5, 5.41) is 3.74. The summed E-state index contributed by atoms with van der Waals surface area (Å²) in [6, 6.07) is 5.33. The largest absolute Gasteiger partial charge is 0.495 e. The SMILES string of the molecule is COc1ccc(Cl)cc1NCC(=O)N1CCCCCC1. The fraction of sp³-hybridized carbons (Fsp3) is 0.533. The van der Waals surface area contributed by atoms with Crippen molar-refractivity contribution in [2.75, 3.05) is 32.1 Å². The quantitative estimate of drug-likeness (QED) is 0.928. The highest BCUT2D eigenvalue weighted by Gasteiger charge is 2.15. The van der Waals surface area contributed by atoms with Crippen molar-refractivity contribution in [3.63, 3.8) is 0 Å². The van der Waals surface area contributed by atoms with Gasteiger partial charge in [-0.15, -0.1) is 0 Å². The molecule has 0 atom stereocenters. The van der Waals surface area contributed by atoms with Crippen LogP contribution in [-0.4, -0.2) is 37.6 Å². The minimum absolute atomic E-state index is 0.133. The van der Waals surface area contributed by atoms with E-state index in [1.54, 1.807) is 25.3 Å². The van der Waals surface area contributed by atoms with Crippen molar-refractivity contribution in [3.05, 3.63) is 23.2 Å². The van der Waals surface area contributed by atoms with Gasteiger partial charge in [0.25, 0.3) is 0 Å². The summed E-state index contributed by atoms with van der Waals surface area (Å²) in [6.07, 6.45) is 4.65. The van der Waals surface area contributed by atoms with E-state index in [1.807, 2.05) is 4.90 Å². The Hall–Kier alpha value is -1.42. The lowest BCUT2D eigenvalue weighted by Crippen LogP contribution is -2.36. The van der Waals surface area contributed by atoms with Crippen LogP contribution >= 0.6 is 11.6 Å². The highest BCUT2D eigenvalue weighted by Crippen LogP contribution is 2.27. The lowest BCUT2D eigenvalue weighted by molar-refractivity contribution is -0.129. The van der Waals surface area contributed by atoms with Crippen LogP contribution in [0.1, 0.15) is 25.7 Å². The van der Waals surface area contributed by atoms with Gasteiger partial charge in [-0.3, -0.25) is 4.79 Å². The fourth-order valence-electron chi connectivity index (χ4n) is 2.42. The number of benzene rings is 1. The van der Waals surface area contributed by atoms with Crippen LogP contribution in [-0.2, 0) is 4.79 Å². The van der Waals surface area contributed by atoms with E-state index in [0.717, 1.165) is 31.6 Å². The number of carbonyl (C=O) groups excluding carboxylic acids is 1. The molecule has 1 fully saturated rings. The normalized spacial score (nSPS) is 15.6. The molecule has 1 aromatic rings. The Kier molecular flexibility index (Phi) is 5.53. The van der Waals surface area contributed by atoms with Crippen molar-refractivity contribution < 1.29 is 9.53 Å². The van der Waals surface area contributed by atoms with Gasteiger partial charge in [-0.2, -0.15) is 0 Å². The van der Waals surface area contributed by atoms with Crippen molar-refractivity contribution in [2.45, 2.75) is 25.7 Å². The molecule has 1 aliphatic rings. The second-order valence-corrected chi connectivity index (χ2v) is 5.43. The Bertz CT molecular complexity index is 457. The van der Waals surface area contributed by atoms with Crippen LogP contribution in [0.2, 0.25) is 5.02 Å². The van der Waals surface area contributed by atoms with Crippen LogP contribution in [0.25, 0.3) is 0 Å². The molecule has 4 nitrogen and oxygen atoms in total. The molecule has 1 aromatic carbocycles. The number of hydrogen-bond donors (Lipinski definition) is 1. The summed E-state index contributed by atoms with van der Waals surface area (Å²) in [4.78, 5) is 14.1. The molecule has 1 saturated heterocycles. The molecule has 5 heteroatoms. The summed E-state index contributed by atoms with van der Waals surface area (Å²) < 4.78 is 5.25. The molecule has 1 aliphatic heterocycles. The van der Waals surface area contributed by atoms with Gasteiger partial charge in [0.05, 0.1) is 19.3 Å². The maximum atomic E-state index is 12.2. The van der Waals surface area contributed by atoms with Gasteiger partial charge >= 0.3 is 0 Å². The number of ether oxygens (including phenoxy) is 1. The topological polar surface area (TPSA) is 41.6 Å². The summed E-state index contributed by atoms with van der Waals surface area (Å²) in [5.41, 5.74) is 0.753. The molecule has 0 spiro atoms. The Balaban J connectivity index is 1.93. The molecule has 0 aromatic heterocycles. The van der Waals surface area contributed by atoms with E-state index < -0.39 is 0 Å². The summed E-state index contributed by atoms with van der Waals surface area (Å²) in [7, 11) is 1.60. The molecule has 110 valence electrons. The maximum absolute atomic E-state index is 12.2. The number of methoxy groups -OCH3 is 1. The van der Waals surface area contributed by atoms with Gasteiger partial charge < -0.3 is 15.0 Å². The van der Waals surface area contributed by atoms with Gasteiger partial charge in [-0.05, 0) is 31.0 Å². The van der Waals surface area contributed by atoms with Crippen molar-refractivity contribution in [3.8, 4) is 5.75 Å². The third-order valence-corrected chi connectivity index (χ3v) is 3.79. The minimum atomic E-state index is 0.133. The third-order valence-electron chi connectivity index (χ3n) is 3.55. The number of nitrogens with one attached hydrogen (secondary N) is 1. The van der Waals surface area contributed by atoms with E-state index in [0.29, 0.717) is 10.8 Å². The molecule has 1 amide bonds. The number of rotatable bonds is 4. The smallest absolute Gasteiger partial charge is 0.241 e. The molecule has 1 heterocycles. The van der Waals surface area contributed by atoms with Crippen LogP contribution in [0.4, 0.5) is 5.69 Å². The number of hydrogen-bond acceptors (Lipinski definition) is 3. The number of anilines is 1. The molecular weight excluding hydrogens is 276 g/mol. The van der Waals surface area contributed by atoms with E-state index in [4.69, 9.17) is 16.3 Å². The first-order chi connectivity index (χ1) is 9.70. The van der Waals surface area contributed by atoms with Crippen LogP contribution in [0, 0.1) is 0 Å². The second kappa shape index (κ2) is 7.39. The first-order valence-corrected chi connectivity index (χ1v) is 7.43. The first-order valence-electron chi connectivity index (χ1n) is 7.06. The van der Waals surface area contributed by atoms with E-state index in [-0.39, 0.29) is 12.5 Å². The average molecular weight is 297 g/mol. The Morgan fingerprint density at radius 1 is 1.30 bits per heavy atom. The number of amides is 1. The van der Waals surface area contributed by atoms with Gasteiger partial charge in [0.2, 0.25) is 5.91 Å². The molecule has 1 N–H and O–H groups in total. The summed E-state index contributed by atoms with van der Waals surface area (Å²) in [6.45, 7) is 2.01. The molecule has 0 saturated carbocycles. The summed E-state index contributed by atoms with van der Waals surface area (Å²) >= 11 is 5.97.